The number of hydrogen-bond donors (Lipinski definition) is 1. The Bertz CT molecular complexity index is 535. The molecule has 18 heavy (non-hydrogen) atoms. The first-order valence-electron chi connectivity index (χ1n) is 6.01. The minimum atomic E-state index is 0.356. The van der Waals surface area contributed by atoms with E-state index in [-0.39, 0.29) is 0 Å². The molecule has 0 bridgehead atoms. The highest BCUT2D eigenvalue weighted by Crippen LogP contribution is 2.33. The van der Waals surface area contributed by atoms with E-state index >= 15 is 0 Å². The van der Waals surface area contributed by atoms with Crippen LogP contribution in [0.4, 0.5) is 0 Å². The Labute approximate surface area is 124 Å². The molecule has 1 unspecified atom stereocenters. The van der Waals surface area contributed by atoms with Crippen molar-refractivity contribution in [2.24, 2.45) is 5.73 Å². The number of hydrogen-bond acceptors (Lipinski definition) is 4. The molecule has 1 aliphatic heterocycles. The number of rotatable bonds is 3. The third-order valence-electron chi connectivity index (χ3n) is 3.42. The zero-order valence-electron chi connectivity index (χ0n) is 9.93. The largest absolute Gasteiger partial charge is 0.329 e. The number of thiophene rings is 2. The van der Waals surface area contributed by atoms with E-state index in [1.807, 2.05) is 11.3 Å². The highest BCUT2D eigenvalue weighted by Gasteiger charge is 2.25. The molecule has 0 radical (unpaired) electrons. The lowest BCUT2D eigenvalue weighted by Gasteiger charge is -2.33. The van der Waals surface area contributed by atoms with Crippen molar-refractivity contribution in [3.05, 3.63) is 42.7 Å². The summed E-state index contributed by atoms with van der Waals surface area (Å²) in [6, 6.07) is 4.81. The Kier molecular flexibility index (Phi) is 3.86. The molecule has 0 aromatic carbocycles. The van der Waals surface area contributed by atoms with Gasteiger partial charge in [0.1, 0.15) is 0 Å². The molecule has 1 aliphatic rings. The summed E-state index contributed by atoms with van der Waals surface area (Å²) in [6.45, 7) is 2.84. The van der Waals surface area contributed by atoms with E-state index in [0.29, 0.717) is 12.6 Å². The topological polar surface area (TPSA) is 29.3 Å². The second kappa shape index (κ2) is 5.43. The van der Waals surface area contributed by atoms with Gasteiger partial charge in [0.15, 0.2) is 0 Å². The second-order valence-corrected chi connectivity index (χ2v) is 7.37. The van der Waals surface area contributed by atoms with Crippen LogP contribution in [0.25, 0.3) is 0 Å². The lowest BCUT2D eigenvalue weighted by molar-refractivity contribution is 0.187. The Hall–Kier alpha value is -0.200. The maximum Gasteiger partial charge on any atom is 0.0567 e. The molecule has 0 saturated carbocycles. The van der Waals surface area contributed by atoms with Gasteiger partial charge in [0.05, 0.1) is 6.04 Å². The Morgan fingerprint density at radius 1 is 1.44 bits per heavy atom. The molecule has 2 N–H and O–H groups in total. The van der Waals surface area contributed by atoms with Crippen LogP contribution in [0.3, 0.4) is 0 Å². The molecular weight excluding hydrogens is 328 g/mol. The summed E-state index contributed by atoms with van der Waals surface area (Å²) in [4.78, 5) is 5.42. The minimum absolute atomic E-state index is 0.356. The lowest BCUT2D eigenvalue weighted by Crippen LogP contribution is -2.36. The Morgan fingerprint density at radius 2 is 2.33 bits per heavy atom. The van der Waals surface area contributed by atoms with Crippen molar-refractivity contribution in [2.75, 3.05) is 13.1 Å². The van der Waals surface area contributed by atoms with E-state index < -0.39 is 0 Å². The van der Waals surface area contributed by atoms with Gasteiger partial charge in [-0.15, -0.1) is 22.7 Å². The molecule has 96 valence electrons. The van der Waals surface area contributed by atoms with Crippen molar-refractivity contribution < 1.29 is 0 Å². The standard InChI is InChI=1S/C13H15BrN2S2/c14-10-5-13(18-8-10)11(6-15)16-3-1-12-9(7-16)2-4-17-12/h2,4-5,8,11H,1,3,6-7,15H2. The van der Waals surface area contributed by atoms with Crippen LogP contribution in [0, 0.1) is 0 Å². The summed E-state index contributed by atoms with van der Waals surface area (Å²) >= 11 is 7.20. The van der Waals surface area contributed by atoms with Crippen LogP contribution in [0.15, 0.2) is 27.4 Å². The van der Waals surface area contributed by atoms with Gasteiger partial charge in [0.2, 0.25) is 0 Å². The minimum Gasteiger partial charge on any atom is -0.329 e. The molecule has 3 heterocycles. The predicted molar refractivity (Wildman–Crippen MR) is 82.2 cm³/mol. The average Bonchev–Trinajstić information content (AvgIpc) is 2.99. The zero-order valence-corrected chi connectivity index (χ0v) is 13.2. The van der Waals surface area contributed by atoms with Gasteiger partial charge in [0, 0.05) is 39.2 Å². The van der Waals surface area contributed by atoms with Crippen LogP contribution < -0.4 is 5.73 Å². The molecular formula is C13H15BrN2S2. The van der Waals surface area contributed by atoms with E-state index in [9.17, 15) is 0 Å². The van der Waals surface area contributed by atoms with Gasteiger partial charge in [-0.05, 0) is 45.4 Å². The van der Waals surface area contributed by atoms with Crippen LogP contribution in [-0.4, -0.2) is 18.0 Å². The normalized spacial score (nSPS) is 17.7. The molecule has 2 nitrogen and oxygen atoms in total. The summed E-state index contributed by atoms with van der Waals surface area (Å²) < 4.78 is 1.16. The Balaban J connectivity index is 1.82. The van der Waals surface area contributed by atoms with Crippen molar-refractivity contribution >= 4 is 38.6 Å². The lowest BCUT2D eigenvalue weighted by atomic mass is 10.1. The van der Waals surface area contributed by atoms with Crippen LogP contribution in [0.2, 0.25) is 0 Å². The second-order valence-electron chi connectivity index (χ2n) is 4.51. The first-order valence-corrected chi connectivity index (χ1v) is 8.56. The van der Waals surface area contributed by atoms with Gasteiger partial charge in [-0.25, -0.2) is 0 Å². The fraction of sp³-hybridized carbons (Fsp3) is 0.385. The monoisotopic (exact) mass is 342 g/mol. The number of nitrogens with two attached hydrogens (primary N) is 1. The van der Waals surface area contributed by atoms with Crippen molar-refractivity contribution in [2.45, 2.75) is 19.0 Å². The predicted octanol–water partition coefficient (Wildman–Crippen LogP) is 3.63. The fourth-order valence-corrected chi connectivity index (χ4v) is 4.97. The average molecular weight is 343 g/mol. The number of nitrogens with zero attached hydrogens (tertiary/aromatic N) is 1. The van der Waals surface area contributed by atoms with Gasteiger partial charge in [-0.3, -0.25) is 4.90 Å². The highest BCUT2D eigenvalue weighted by molar-refractivity contribution is 9.10. The van der Waals surface area contributed by atoms with Crippen LogP contribution in [0.5, 0.6) is 0 Å². The highest BCUT2D eigenvalue weighted by atomic mass is 79.9. The summed E-state index contributed by atoms with van der Waals surface area (Å²) in [5, 5.41) is 4.34. The Morgan fingerprint density at radius 3 is 3.06 bits per heavy atom. The van der Waals surface area contributed by atoms with Gasteiger partial charge >= 0.3 is 0 Å². The maximum atomic E-state index is 5.99. The molecule has 2 aromatic rings. The van der Waals surface area contributed by atoms with Gasteiger partial charge in [-0.1, -0.05) is 0 Å². The van der Waals surface area contributed by atoms with E-state index in [1.54, 1.807) is 16.2 Å². The van der Waals surface area contributed by atoms with Gasteiger partial charge < -0.3 is 5.73 Å². The van der Waals surface area contributed by atoms with Crippen molar-refractivity contribution in [1.82, 2.24) is 4.90 Å². The third kappa shape index (κ3) is 2.42. The molecule has 0 aliphatic carbocycles. The summed E-state index contributed by atoms with van der Waals surface area (Å²) in [6.07, 6.45) is 1.16. The molecule has 1 atom stereocenters. The van der Waals surface area contributed by atoms with Gasteiger partial charge in [-0.2, -0.15) is 0 Å². The van der Waals surface area contributed by atoms with Crippen molar-refractivity contribution in [3.8, 4) is 0 Å². The van der Waals surface area contributed by atoms with Crippen LogP contribution in [-0.2, 0) is 13.0 Å². The van der Waals surface area contributed by atoms with Crippen molar-refractivity contribution in [3.63, 3.8) is 0 Å². The fourth-order valence-electron chi connectivity index (χ4n) is 2.48. The quantitative estimate of drug-likeness (QED) is 0.922. The number of halogens is 1. The third-order valence-corrected chi connectivity index (χ3v) is 6.24. The maximum absolute atomic E-state index is 5.99. The summed E-state index contributed by atoms with van der Waals surface area (Å²) in [5.41, 5.74) is 7.48. The molecule has 0 amide bonds. The van der Waals surface area contributed by atoms with Gasteiger partial charge in [0.25, 0.3) is 0 Å². The van der Waals surface area contributed by atoms with E-state index in [2.05, 4.69) is 43.7 Å². The van der Waals surface area contributed by atoms with Crippen LogP contribution >= 0.6 is 38.6 Å². The zero-order chi connectivity index (χ0) is 12.5. The van der Waals surface area contributed by atoms with Crippen LogP contribution in [0.1, 0.15) is 21.4 Å². The molecule has 5 heteroatoms. The summed E-state index contributed by atoms with van der Waals surface area (Å²) in [7, 11) is 0. The molecule has 0 spiro atoms. The first kappa shape index (κ1) is 12.8. The molecule has 0 saturated heterocycles. The summed E-state index contributed by atoms with van der Waals surface area (Å²) in [5.74, 6) is 0. The van der Waals surface area contributed by atoms with E-state index in [4.69, 9.17) is 5.73 Å². The molecule has 2 aromatic heterocycles. The number of fused-ring (bicyclic) bond motifs is 1. The smallest absolute Gasteiger partial charge is 0.0567 e. The molecule has 0 fully saturated rings. The SMILES string of the molecule is NCC(c1cc(Br)cs1)N1CCc2sccc2C1. The molecule has 3 rings (SSSR count). The van der Waals surface area contributed by atoms with Crippen molar-refractivity contribution in [1.29, 1.82) is 0 Å². The van der Waals surface area contributed by atoms with E-state index in [1.165, 1.54) is 10.4 Å². The first-order chi connectivity index (χ1) is 8.78. The van der Waals surface area contributed by atoms with E-state index in [0.717, 1.165) is 24.0 Å².